The summed E-state index contributed by atoms with van der Waals surface area (Å²) in [6.07, 6.45) is 2.26. The third-order valence-electron chi connectivity index (χ3n) is 3.33. The van der Waals surface area contributed by atoms with Crippen LogP contribution in [0.3, 0.4) is 0 Å². The highest BCUT2D eigenvalue weighted by molar-refractivity contribution is 7.90. The van der Waals surface area contributed by atoms with Crippen molar-refractivity contribution < 1.29 is 41.0 Å². The van der Waals surface area contributed by atoms with Crippen LogP contribution in [-0.4, -0.2) is 53.1 Å². The Morgan fingerprint density at radius 2 is 1.97 bits per heavy atom. The van der Waals surface area contributed by atoms with E-state index in [2.05, 4.69) is 24.5 Å². The van der Waals surface area contributed by atoms with Gasteiger partial charge in [-0.05, 0) is 12.1 Å². The number of rotatable bonds is 7. The highest BCUT2D eigenvalue weighted by Crippen LogP contribution is 2.17. The summed E-state index contributed by atoms with van der Waals surface area (Å²) < 4.78 is 65.4. The maximum absolute atomic E-state index is 12.8. The van der Waals surface area contributed by atoms with Gasteiger partial charge in [0.1, 0.15) is 4.90 Å². The Morgan fingerprint density at radius 1 is 1.24 bits per heavy atom. The molecule has 1 heterocycles. The molecule has 14 heteroatoms. The topological polar surface area (TPSA) is 144 Å². The van der Waals surface area contributed by atoms with Crippen LogP contribution < -0.4 is 15.4 Å². The van der Waals surface area contributed by atoms with E-state index in [4.69, 9.17) is 0 Å². The number of urea groups is 1. The van der Waals surface area contributed by atoms with Crippen molar-refractivity contribution in [2.75, 3.05) is 20.8 Å². The molecule has 0 bridgehead atoms. The van der Waals surface area contributed by atoms with Crippen molar-refractivity contribution in [2.45, 2.75) is 10.9 Å². The SMILES string of the molecule is COC(=O)c1ccccc1S(=O)(=O)NC(=O)NC1(OCF)N=C(OCF)C=CN1. The molecule has 1 aliphatic heterocycles. The molecule has 0 fully saturated rings. The number of carbonyl (C=O) groups excluding carboxylic acids is 2. The minimum atomic E-state index is -4.56. The smallest absolute Gasteiger partial charge is 0.339 e. The van der Waals surface area contributed by atoms with Gasteiger partial charge in [0.15, 0.2) is 6.86 Å². The molecule has 0 saturated carbocycles. The van der Waals surface area contributed by atoms with Crippen LogP contribution in [0.25, 0.3) is 0 Å². The highest BCUT2D eigenvalue weighted by atomic mass is 32.2. The van der Waals surface area contributed by atoms with Gasteiger partial charge in [-0.1, -0.05) is 12.1 Å². The van der Waals surface area contributed by atoms with E-state index in [9.17, 15) is 26.8 Å². The molecule has 29 heavy (non-hydrogen) atoms. The number of hydrogen-bond donors (Lipinski definition) is 3. The van der Waals surface area contributed by atoms with Crippen LogP contribution in [0.1, 0.15) is 10.4 Å². The number of sulfonamides is 1. The van der Waals surface area contributed by atoms with Crippen molar-refractivity contribution >= 4 is 27.9 Å². The van der Waals surface area contributed by atoms with E-state index < -0.39 is 46.6 Å². The van der Waals surface area contributed by atoms with Gasteiger partial charge in [-0.2, -0.15) is 4.99 Å². The van der Waals surface area contributed by atoms with Crippen molar-refractivity contribution in [3.63, 3.8) is 0 Å². The second-order valence-electron chi connectivity index (χ2n) is 5.13. The molecule has 1 unspecified atom stereocenters. The first kappa shape index (κ1) is 22.0. The monoisotopic (exact) mass is 434 g/mol. The van der Waals surface area contributed by atoms with E-state index in [1.54, 1.807) is 4.72 Å². The summed E-state index contributed by atoms with van der Waals surface area (Å²) in [6.45, 7) is -2.72. The first-order valence-corrected chi connectivity index (χ1v) is 9.20. The molecule has 2 amide bonds. The minimum absolute atomic E-state index is 0.319. The number of hydrogen-bond acceptors (Lipinski definition) is 9. The normalized spacial score (nSPS) is 18.2. The molecule has 0 radical (unpaired) electrons. The molecule has 0 aromatic heterocycles. The number of halogens is 2. The quantitative estimate of drug-likeness (QED) is 0.415. The van der Waals surface area contributed by atoms with E-state index in [1.807, 2.05) is 5.32 Å². The highest BCUT2D eigenvalue weighted by Gasteiger charge is 2.36. The van der Waals surface area contributed by atoms with Gasteiger partial charge in [-0.25, -0.2) is 31.5 Å². The summed E-state index contributed by atoms with van der Waals surface area (Å²) in [4.78, 5) is 27.1. The zero-order valence-electron chi connectivity index (χ0n) is 14.8. The van der Waals surface area contributed by atoms with Gasteiger partial charge in [0.25, 0.3) is 10.0 Å². The fourth-order valence-electron chi connectivity index (χ4n) is 2.18. The number of amides is 2. The lowest BCUT2D eigenvalue weighted by molar-refractivity contribution is -0.108. The van der Waals surface area contributed by atoms with Crippen molar-refractivity contribution in [3.05, 3.63) is 42.1 Å². The molecule has 2 rings (SSSR count). The lowest BCUT2D eigenvalue weighted by Gasteiger charge is -2.31. The van der Waals surface area contributed by atoms with Crippen LogP contribution in [0.4, 0.5) is 13.6 Å². The van der Waals surface area contributed by atoms with Crippen molar-refractivity contribution in [3.8, 4) is 0 Å². The molecule has 11 nitrogen and oxygen atoms in total. The molecule has 1 aromatic rings. The Balaban J connectivity index is 2.25. The molecule has 0 spiro atoms. The lowest BCUT2D eigenvalue weighted by atomic mass is 10.2. The second-order valence-corrected chi connectivity index (χ2v) is 6.78. The van der Waals surface area contributed by atoms with Gasteiger partial charge < -0.3 is 14.8 Å². The molecular weight excluding hydrogens is 418 g/mol. The average molecular weight is 434 g/mol. The molecule has 1 atom stereocenters. The molecule has 1 aliphatic rings. The molecule has 1 aromatic carbocycles. The van der Waals surface area contributed by atoms with Crippen LogP contribution in [0, 0.1) is 0 Å². The number of ether oxygens (including phenoxy) is 3. The van der Waals surface area contributed by atoms with Crippen LogP contribution in [0.2, 0.25) is 0 Å². The van der Waals surface area contributed by atoms with Gasteiger partial charge in [-0.15, -0.1) is 0 Å². The summed E-state index contributed by atoms with van der Waals surface area (Å²) in [6, 6.07) is 3.58. The molecular formula is C15H16F2N4O7S. The predicted molar refractivity (Wildman–Crippen MR) is 93.2 cm³/mol. The number of alkyl halides is 2. The number of esters is 1. The van der Waals surface area contributed by atoms with Crippen LogP contribution >= 0.6 is 0 Å². The number of nitrogens with one attached hydrogen (secondary N) is 3. The van der Waals surface area contributed by atoms with E-state index >= 15 is 0 Å². The zero-order valence-corrected chi connectivity index (χ0v) is 15.7. The second kappa shape index (κ2) is 9.29. The molecule has 0 saturated heterocycles. The van der Waals surface area contributed by atoms with Crippen molar-refractivity contribution in [2.24, 2.45) is 4.99 Å². The number of carbonyl (C=O) groups is 2. The third kappa shape index (κ3) is 5.39. The Bertz CT molecular complexity index is 938. The Labute approximate surface area is 163 Å². The Morgan fingerprint density at radius 3 is 2.62 bits per heavy atom. The van der Waals surface area contributed by atoms with Gasteiger partial charge >= 0.3 is 18.0 Å². The molecule has 158 valence electrons. The van der Waals surface area contributed by atoms with Crippen molar-refractivity contribution in [1.82, 2.24) is 15.4 Å². The summed E-state index contributed by atoms with van der Waals surface area (Å²) in [5.41, 5.74) is -0.319. The number of aliphatic imine (C=N–C) groups is 1. The van der Waals surface area contributed by atoms with Gasteiger partial charge in [0.2, 0.25) is 12.8 Å². The van der Waals surface area contributed by atoms with Crippen LogP contribution in [-0.2, 0) is 24.2 Å². The van der Waals surface area contributed by atoms with Crippen molar-refractivity contribution in [1.29, 1.82) is 0 Å². The van der Waals surface area contributed by atoms with E-state index in [1.165, 1.54) is 18.2 Å². The predicted octanol–water partition coefficient (Wildman–Crippen LogP) is 0.475. The lowest BCUT2D eigenvalue weighted by Crippen LogP contribution is -2.61. The average Bonchev–Trinajstić information content (AvgIpc) is 2.67. The maximum Gasteiger partial charge on any atom is 0.339 e. The largest absolute Gasteiger partial charge is 0.465 e. The summed E-state index contributed by atoms with van der Waals surface area (Å²) >= 11 is 0. The minimum Gasteiger partial charge on any atom is -0.465 e. The zero-order chi connectivity index (χ0) is 21.5. The number of nitrogens with zero attached hydrogens (tertiary/aromatic N) is 1. The Kier molecular flexibility index (Phi) is 7.06. The van der Waals surface area contributed by atoms with E-state index in [-0.39, 0.29) is 11.5 Å². The van der Waals surface area contributed by atoms with Crippen LogP contribution in [0.15, 0.2) is 46.4 Å². The number of benzene rings is 1. The standard InChI is InChI=1S/C15H16F2N4O7S/c1-26-13(22)10-4-2-3-5-11(10)29(24,25)21-14(23)20-15(28-9-17)18-7-6-12(19-15)27-8-16/h2-7,18H,8-9H2,1H3,(H2,20,21,23). The first-order chi connectivity index (χ1) is 13.8. The van der Waals surface area contributed by atoms with Crippen LogP contribution in [0.5, 0.6) is 0 Å². The first-order valence-electron chi connectivity index (χ1n) is 7.72. The maximum atomic E-state index is 12.8. The Hall–Kier alpha value is -3.26. The van der Waals surface area contributed by atoms with E-state index in [0.717, 1.165) is 25.5 Å². The fraction of sp³-hybridized carbons (Fsp3) is 0.267. The third-order valence-corrected chi connectivity index (χ3v) is 4.72. The van der Waals surface area contributed by atoms with Gasteiger partial charge in [-0.3, -0.25) is 10.1 Å². The summed E-state index contributed by atoms with van der Waals surface area (Å²) in [7, 11) is -3.50. The number of methoxy groups -OCH3 is 1. The fourth-order valence-corrected chi connectivity index (χ4v) is 3.28. The van der Waals surface area contributed by atoms with Gasteiger partial charge in [0.05, 0.1) is 12.7 Å². The van der Waals surface area contributed by atoms with E-state index in [0.29, 0.717) is 0 Å². The summed E-state index contributed by atoms with van der Waals surface area (Å²) in [5.74, 6) is -3.62. The molecule has 0 aliphatic carbocycles. The summed E-state index contributed by atoms with van der Waals surface area (Å²) in [5, 5.41) is 4.29. The molecule has 3 N–H and O–H groups in total. The van der Waals surface area contributed by atoms with Gasteiger partial charge in [0, 0.05) is 12.3 Å².